The fraction of sp³-hybridized carbons (Fsp3) is 0.0556. The first-order valence-corrected chi connectivity index (χ1v) is 9.34. The molecule has 2 N–H and O–H groups in total. The quantitative estimate of drug-likeness (QED) is 0.630. The van der Waals surface area contributed by atoms with E-state index in [1.54, 1.807) is 0 Å². The van der Waals surface area contributed by atoms with Crippen molar-refractivity contribution in [2.75, 3.05) is 0 Å². The summed E-state index contributed by atoms with van der Waals surface area (Å²) >= 11 is 5.84. The highest BCUT2D eigenvalue weighted by molar-refractivity contribution is 7.92. The molecule has 3 aromatic rings. The van der Waals surface area contributed by atoms with Crippen LogP contribution in [0.3, 0.4) is 0 Å². The van der Waals surface area contributed by atoms with E-state index in [1.165, 1.54) is 36.4 Å². The standard InChI is InChI=1S/C18H13ClFNO4S/c1-2-15(10-3-5-11(19)6-4-10)26(24,25)17-13-9-12(20)7-8-14(13)21-16(17)18(22)23/h2-9,15,21H,1H2,(H,22,23). The fourth-order valence-electron chi connectivity index (χ4n) is 2.81. The van der Waals surface area contributed by atoms with Crippen LogP contribution in [0.2, 0.25) is 5.02 Å². The van der Waals surface area contributed by atoms with Crippen LogP contribution < -0.4 is 0 Å². The lowest BCUT2D eigenvalue weighted by atomic mass is 10.1. The summed E-state index contributed by atoms with van der Waals surface area (Å²) in [4.78, 5) is 13.6. The summed E-state index contributed by atoms with van der Waals surface area (Å²) in [7, 11) is -4.23. The molecule has 0 amide bonds. The van der Waals surface area contributed by atoms with Gasteiger partial charge in [0.25, 0.3) is 0 Å². The Balaban J connectivity index is 2.30. The monoisotopic (exact) mass is 393 g/mol. The van der Waals surface area contributed by atoms with Gasteiger partial charge in [0, 0.05) is 15.9 Å². The average Bonchev–Trinajstić information content (AvgIpc) is 2.96. The molecule has 1 heterocycles. The van der Waals surface area contributed by atoms with E-state index in [1.807, 2.05) is 0 Å². The van der Waals surface area contributed by atoms with Crippen molar-refractivity contribution in [2.45, 2.75) is 10.1 Å². The molecular weight excluding hydrogens is 381 g/mol. The largest absolute Gasteiger partial charge is 0.477 e. The van der Waals surface area contributed by atoms with Crippen molar-refractivity contribution in [1.29, 1.82) is 0 Å². The van der Waals surface area contributed by atoms with E-state index in [0.29, 0.717) is 10.6 Å². The number of carboxylic acids is 1. The molecule has 0 aliphatic heterocycles. The number of hydrogen-bond donors (Lipinski definition) is 2. The van der Waals surface area contributed by atoms with Gasteiger partial charge < -0.3 is 10.1 Å². The highest BCUT2D eigenvalue weighted by Gasteiger charge is 2.34. The number of carbonyl (C=O) groups is 1. The third-order valence-electron chi connectivity index (χ3n) is 3.96. The van der Waals surface area contributed by atoms with Crippen molar-refractivity contribution >= 4 is 38.3 Å². The van der Waals surface area contributed by atoms with Gasteiger partial charge in [-0.2, -0.15) is 0 Å². The minimum Gasteiger partial charge on any atom is -0.477 e. The highest BCUT2D eigenvalue weighted by Crippen LogP contribution is 2.37. The number of aromatic nitrogens is 1. The number of aromatic amines is 1. The number of carboxylic acid groups (broad SMARTS) is 1. The van der Waals surface area contributed by atoms with Crippen LogP contribution in [-0.2, 0) is 9.84 Å². The van der Waals surface area contributed by atoms with E-state index in [-0.39, 0.29) is 10.9 Å². The smallest absolute Gasteiger partial charge is 0.353 e. The van der Waals surface area contributed by atoms with Crippen molar-refractivity contribution in [1.82, 2.24) is 4.98 Å². The molecular formula is C18H13ClFNO4S. The molecule has 2 aromatic carbocycles. The molecule has 0 saturated carbocycles. The molecule has 26 heavy (non-hydrogen) atoms. The normalized spacial score (nSPS) is 12.8. The van der Waals surface area contributed by atoms with Gasteiger partial charge in [-0.3, -0.25) is 0 Å². The van der Waals surface area contributed by atoms with Gasteiger partial charge in [0.2, 0.25) is 0 Å². The number of nitrogens with one attached hydrogen (secondary N) is 1. The van der Waals surface area contributed by atoms with Gasteiger partial charge in [-0.05, 0) is 35.9 Å². The van der Waals surface area contributed by atoms with Crippen molar-refractivity contribution in [3.63, 3.8) is 0 Å². The number of H-pyrrole nitrogens is 1. The Hall–Kier alpha value is -2.64. The van der Waals surface area contributed by atoms with Crippen LogP contribution in [-0.4, -0.2) is 24.5 Å². The topological polar surface area (TPSA) is 87.2 Å². The number of fused-ring (bicyclic) bond motifs is 1. The predicted molar refractivity (Wildman–Crippen MR) is 96.8 cm³/mol. The molecule has 0 aliphatic rings. The zero-order chi connectivity index (χ0) is 19.1. The molecule has 1 atom stereocenters. The second-order valence-electron chi connectivity index (χ2n) is 5.58. The van der Waals surface area contributed by atoms with Crippen molar-refractivity contribution < 1.29 is 22.7 Å². The maximum absolute atomic E-state index is 13.7. The first-order valence-electron chi connectivity index (χ1n) is 7.42. The number of benzene rings is 2. The van der Waals surface area contributed by atoms with E-state index in [2.05, 4.69) is 11.6 Å². The molecule has 0 fully saturated rings. The average molecular weight is 394 g/mol. The second kappa shape index (κ2) is 6.59. The maximum Gasteiger partial charge on any atom is 0.353 e. The van der Waals surface area contributed by atoms with Gasteiger partial charge in [0.05, 0.1) is 0 Å². The molecule has 5 nitrogen and oxygen atoms in total. The third-order valence-corrected chi connectivity index (χ3v) is 6.34. The summed E-state index contributed by atoms with van der Waals surface area (Å²) in [6.07, 6.45) is 1.20. The predicted octanol–water partition coefficient (Wildman–Crippen LogP) is 4.36. The van der Waals surface area contributed by atoms with Crippen LogP contribution in [0.5, 0.6) is 0 Å². The number of halogens is 2. The van der Waals surface area contributed by atoms with Crippen molar-refractivity contribution in [2.24, 2.45) is 0 Å². The number of hydrogen-bond acceptors (Lipinski definition) is 3. The van der Waals surface area contributed by atoms with Gasteiger partial charge in [-0.15, -0.1) is 6.58 Å². The Bertz CT molecular complexity index is 1120. The van der Waals surface area contributed by atoms with Gasteiger partial charge in [-0.1, -0.05) is 29.8 Å². The molecule has 1 aromatic heterocycles. The molecule has 0 bridgehead atoms. The Morgan fingerprint density at radius 3 is 2.46 bits per heavy atom. The Morgan fingerprint density at radius 2 is 1.88 bits per heavy atom. The Labute approximate surface area is 153 Å². The first-order chi connectivity index (χ1) is 12.3. The van der Waals surface area contributed by atoms with E-state index in [4.69, 9.17) is 11.6 Å². The molecule has 0 spiro atoms. The zero-order valence-corrected chi connectivity index (χ0v) is 14.8. The van der Waals surface area contributed by atoms with Gasteiger partial charge in [0.1, 0.15) is 21.7 Å². The van der Waals surface area contributed by atoms with Crippen LogP contribution in [0, 0.1) is 5.82 Å². The molecule has 8 heteroatoms. The molecule has 134 valence electrons. The Kier molecular flexibility index (Phi) is 4.60. The number of aromatic carboxylic acids is 1. The lowest BCUT2D eigenvalue weighted by Crippen LogP contribution is -2.15. The van der Waals surface area contributed by atoms with E-state index < -0.39 is 37.5 Å². The van der Waals surface area contributed by atoms with E-state index >= 15 is 0 Å². The summed E-state index contributed by atoms with van der Waals surface area (Å²) < 4.78 is 40.2. The van der Waals surface area contributed by atoms with Crippen LogP contribution in [0.15, 0.2) is 60.0 Å². The van der Waals surface area contributed by atoms with Crippen LogP contribution in [0.4, 0.5) is 4.39 Å². The third kappa shape index (κ3) is 3.00. The first kappa shape index (κ1) is 18.2. The van der Waals surface area contributed by atoms with Crippen molar-refractivity contribution in [3.05, 3.63) is 77.2 Å². The minimum absolute atomic E-state index is 0.0248. The maximum atomic E-state index is 13.7. The van der Waals surface area contributed by atoms with Gasteiger partial charge >= 0.3 is 5.97 Å². The molecule has 1 unspecified atom stereocenters. The van der Waals surface area contributed by atoms with Gasteiger partial charge in [-0.25, -0.2) is 17.6 Å². The fourth-order valence-corrected chi connectivity index (χ4v) is 4.85. The van der Waals surface area contributed by atoms with Crippen LogP contribution >= 0.6 is 11.6 Å². The highest BCUT2D eigenvalue weighted by atomic mass is 35.5. The number of rotatable bonds is 5. The van der Waals surface area contributed by atoms with Crippen molar-refractivity contribution in [3.8, 4) is 0 Å². The lowest BCUT2D eigenvalue weighted by molar-refractivity contribution is 0.0687. The Morgan fingerprint density at radius 1 is 1.23 bits per heavy atom. The molecule has 0 aliphatic carbocycles. The van der Waals surface area contributed by atoms with Crippen LogP contribution in [0.25, 0.3) is 10.9 Å². The molecule has 3 rings (SSSR count). The SMILES string of the molecule is C=CC(c1ccc(Cl)cc1)S(=O)(=O)c1c(C(=O)O)[nH]c2ccc(F)cc12. The van der Waals surface area contributed by atoms with Gasteiger partial charge in [0.15, 0.2) is 9.84 Å². The lowest BCUT2D eigenvalue weighted by Gasteiger charge is -2.15. The summed E-state index contributed by atoms with van der Waals surface area (Å²) in [5.41, 5.74) is 0.0548. The molecule has 0 saturated heterocycles. The minimum atomic E-state index is -4.23. The number of sulfone groups is 1. The van der Waals surface area contributed by atoms with Crippen LogP contribution in [0.1, 0.15) is 21.3 Å². The summed E-state index contributed by atoms with van der Waals surface area (Å²) in [6.45, 7) is 3.56. The second-order valence-corrected chi connectivity index (χ2v) is 8.02. The summed E-state index contributed by atoms with van der Waals surface area (Å²) in [5.74, 6) is -2.13. The molecule has 0 radical (unpaired) electrons. The zero-order valence-electron chi connectivity index (χ0n) is 13.2. The summed E-state index contributed by atoms with van der Waals surface area (Å²) in [6, 6.07) is 9.48. The summed E-state index contributed by atoms with van der Waals surface area (Å²) in [5, 5.41) is 8.61. The van der Waals surface area contributed by atoms with E-state index in [0.717, 1.165) is 12.1 Å². The van der Waals surface area contributed by atoms with E-state index in [9.17, 15) is 22.7 Å².